The SMILES string of the molecule is CC=CC=CC(=O)Nc1ccc(OC)c(N2CCCC2=O)c1. The number of nitrogens with one attached hydrogen (secondary N) is 1. The van der Waals surface area contributed by atoms with Crippen LogP contribution in [0.15, 0.2) is 42.5 Å². The van der Waals surface area contributed by atoms with Crippen molar-refractivity contribution < 1.29 is 14.3 Å². The van der Waals surface area contributed by atoms with E-state index in [2.05, 4.69) is 5.32 Å². The summed E-state index contributed by atoms with van der Waals surface area (Å²) in [5, 5.41) is 2.78. The number of allylic oxidation sites excluding steroid dienone is 3. The number of amides is 2. The lowest BCUT2D eigenvalue weighted by atomic mass is 10.2. The van der Waals surface area contributed by atoms with Crippen LogP contribution < -0.4 is 15.0 Å². The summed E-state index contributed by atoms with van der Waals surface area (Å²) in [5.74, 6) is 0.481. The molecule has 0 atom stereocenters. The predicted octanol–water partition coefficient (Wildman–Crippen LogP) is 2.89. The molecule has 0 aromatic heterocycles. The van der Waals surface area contributed by atoms with Crippen molar-refractivity contribution in [2.45, 2.75) is 19.8 Å². The Balaban J connectivity index is 2.20. The summed E-state index contributed by atoms with van der Waals surface area (Å²) in [6, 6.07) is 5.28. The Bertz CT molecular complexity index is 620. The van der Waals surface area contributed by atoms with E-state index < -0.39 is 0 Å². The number of carbonyl (C=O) groups is 2. The molecule has 1 aliphatic heterocycles. The highest BCUT2D eigenvalue weighted by Crippen LogP contribution is 2.33. The van der Waals surface area contributed by atoms with E-state index in [1.807, 2.05) is 13.0 Å². The van der Waals surface area contributed by atoms with Crippen LogP contribution in [-0.2, 0) is 9.59 Å². The van der Waals surface area contributed by atoms with Gasteiger partial charge in [0, 0.05) is 24.7 Å². The van der Waals surface area contributed by atoms with Crippen LogP contribution in [0.1, 0.15) is 19.8 Å². The molecule has 1 saturated heterocycles. The van der Waals surface area contributed by atoms with Crippen LogP contribution in [-0.4, -0.2) is 25.5 Å². The van der Waals surface area contributed by atoms with Gasteiger partial charge in [0.2, 0.25) is 11.8 Å². The molecular formula is C17H20N2O3. The van der Waals surface area contributed by atoms with Gasteiger partial charge in [-0.05, 0) is 31.5 Å². The van der Waals surface area contributed by atoms with Crippen molar-refractivity contribution in [1.82, 2.24) is 0 Å². The van der Waals surface area contributed by atoms with Crippen LogP contribution in [0.4, 0.5) is 11.4 Å². The molecule has 5 heteroatoms. The number of hydrogen-bond donors (Lipinski definition) is 1. The predicted molar refractivity (Wildman–Crippen MR) is 87.2 cm³/mol. The van der Waals surface area contributed by atoms with Crippen molar-refractivity contribution in [3.8, 4) is 5.75 Å². The van der Waals surface area contributed by atoms with Gasteiger partial charge >= 0.3 is 0 Å². The fraction of sp³-hybridized carbons (Fsp3) is 0.294. The standard InChI is InChI=1S/C17H20N2O3/c1-3-4-5-7-16(20)18-13-9-10-15(22-2)14(12-13)19-11-6-8-17(19)21/h3-5,7,9-10,12H,6,8,11H2,1-2H3,(H,18,20). The molecule has 0 aliphatic carbocycles. The highest BCUT2D eigenvalue weighted by atomic mass is 16.5. The molecule has 1 aromatic carbocycles. The minimum absolute atomic E-state index is 0.0785. The van der Waals surface area contributed by atoms with Crippen LogP contribution in [0.5, 0.6) is 5.75 Å². The van der Waals surface area contributed by atoms with Crippen molar-refractivity contribution in [1.29, 1.82) is 0 Å². The molecule has 0 radical (unpaired) electrons. The lowest BCUT2D eigenvalue weighted by Gasteiger charge is -2.19. The zero-order valence-corrected chi connectivity index (χ0v) is 12.8. The molecule has 1 aliphatic rings. The molecule has 2 rings (SSSR count). The Morgan fingerprint density at radius 1 is 1.36 bits per heavy atom. The molecule has 0 unspecified atom stereocenters. The van der Waals surface area contributed by atoms with Crippen molar-refractivity contribution in [2.75, 3.05) is 23.9 Å². The van der Waals surface area contributed by atoms with Gasteiger partial charge in [-0.25, -0.2) is 0 Å². The lowest BCUT2D eigenvalue weighted by Crippen LogP contribution is -2.24. The summed E-state index contributed by atoms with van der Waals surface area (Å²) in [7, 11) is 1.57. The first kappa shape index (κ1) is 15.8. The first-order chi connectivity index (χ1) is 10.7. The third-order valence-corrected chi connectivity index (χ3v) is 3.36. The molecule has 1 aromatic rings. The van der Waals surface area contributed by atoms with E-state index in [9.17, 15) is 9.59 Å². The first-order valence-electron chi connectivity index (χ1n) is 7.24. The normalized spacial score (nSPS) is 15.0. The Hall–Kier alpha value is -2.56. The zero-order chi connectivity index (χ0) is 15.9. The summed E-state index contributed by atoms with van der Waals surface area (Å²) in [5.41, 5.74) is 1.32. The maximum atomic E-state index is 11.9. The van der Waals surface area contributed by atoms with E-state index in [4.69, 9.17) is 4.74 Å². The number of ether oxygens (including phenoxy) is 1. The number of rotatable bonds is 5. The number of carbonyl (C=O) groups excluding carboxylic acids is 2. The van der Waals surface area contributed by atoms with Gasteiger partial charge in [0.1, 0.15) is 5.75 Å². The monoisotopic (exact) mass is 300 g/mol. The molecule has 116 valence electrons. The molecule has 1 N–H and O–H groups in total. The highest BCUT2D eigenvalue weighted by molar-refractivity contribution is 6.01. The Kier molecular flexibility index (Phi) is 5.36. The number of methoxy groups -OCH3 is 1. The largest absolute Gasteiger partial charge is 0.495 e. The average molecular weight is 300 g/mol. The van der Waals surface area contributed by atoms with Crippen molar-refractivity contribution in [2.24, 2.45) is 0 Å². The molecule has 0 saturated carbocycles. The van der Waals surface area contributed by atoms with Gasteiger partial charge in [0.05, 0.1) is 12.8 Å². The lowest BCUT2D eigenvalue weighted by molar-refractivity contribution is -0.117. The Morgan fingerprint density at radius 2 is 2.18 bits per heavy atom. The van der Waals surface area contributed by atoms with Gasteiger partial charge in [0.15, 0.2) is 0 Å². The maximum Gasteiger partial charge on any atom is 0.248 e. The molecule has 1 heterocycles. The number of benzene rings is 1. The van der Waals surface area contributed by atoms with Crippen LogP contribution in [0.3, 0.4) is 0 Å². The van der Waals surface area contributed by atoms with E-state index in [1.165, 1.54) is 6.08 Å². The van der Waals surface area contributed by atoms with E-state index in [0.29, 0.717) is 30.1 Å². The van der Waals surface area contributed by atoms with Crippen LogP contribution in [0.25, 0.3) is 0 Å². The second-order valence-corrected chi connectivity index (χ2v) is 4.91. The Labute approximate surface area is 130 Å². The third-order valence-electron chi connectivity index (χ3n) is 3.36. The highest BCUT2D eigenvalue weighted by Gasteiger charge is 2.24. The summed E-state index contributed by atoms with van der Waals surface area (Å²) >= 11 is 0. The summed E-state index contributed by atoms with van der Waals surface area (Å²) in [6.07, 6.45) is 8.13. The van der Waals surface area contributed by atoms with Gasteiger partial charge < -0.3 is 15.0 Å². The number of hydrogen-bond acceptors (Lipinski definition) is 3. The fourth-order valence-corrected chi connectivity index (χ4v) is 2.32. The fourth-order valence-electron chi connectivity index (χ4n) is 2.32. The summed E-state index contributed by atoms with van der Waals surface area (Å²) in [4.78, 5) is 25.4. The first-order valence-corrected chi connectivity index (χ1v) is 7.24. The minimum atomic E-state index is -0.220. The van der Waals surface area contributed by atoms with Crippen molar-refractivity contribution >= 4 is 23.2 Å². The van der Waals surface area contributed by atoms with E-state index >= 15 is 0 Å². The molecule has 5 nitrogen and oxygen atoms in total. The quantitative estimate of drug-likeness (QED) is 0.672. The van der Waals surface area contributed by atoms with Crippen LogP contribution >= 0.6 is 0 Å². The van der Waals surface area contributed by atoms with E-state index in [1.54, 1.807) is 42.4 Å². The third kappa shape index (κ3) is 3.75. The van der Waals surface area contributed by atoms with Crippen LogP contribution in [0, 0.1) is 0 Å². The zero-order valence-electron chi connectivity index (χ0n) is 12.8. The molecule has 2 amide bonds. The maximum absolute atomic E-state index is 11.9. The smallest absolute Gasteiger partial charge is 0.248 e. The molecule has 0 spiro atoms. The van der Waals surface area contributed by atoms with Crippen LogP contribution in [0.2, 0.25) is 0 Å². The van der Waals surface area contributed by atoms with E-state index in [0.717, 1.165) is 6.42 Å². The number of anilines is 2. The minimum Gasteiger partial charge on any atom is -0.495 e. The summed E-state index contributed by atoms with van der Waals surface area (Å²) in [6.45, 7) is 2.55. The average Bonchev–Trinajstić information content (AvgIpc) is 2.93. The van der Waals surface area contributed by atoms with Gasteiger partial charge in [-0.1, -0.05) is 18.2 Å². The second kappa shape index (κ2) is 7.45. The number of nitrogens with zero attached hydrogens (tertiary/aromatic N) is 1. The second-order valence-electron chi connectivity index (χ2n) is 4.91. The van der Waals surface area contributed by atoms with Gasteiger partial charge in [-0.3, -0.25) is 9.59 Å². The molecule has 22 heavy (non-hydrogen) atoms. The van der Waals surface area contributed by atoms with Gasteiger partial charge in [-0.15, -0.1) is 0 Å². The Morgan fingerprint density at radius 3 is 2.82 bits per heavy atom. The van der Waals surface area contributed by atoms with Crippen molar-refractivity contribution in [3.05, 3.63) is 42.5 Å². The molecule has 1 fully saturated rings. The van der Waals surface area contributed by atoms with Gasteiger partial charge in [0.25, 0.3) is 0 Å². The topological polar surface area (TPSA) is 58.6 Å². The molecular weight excluding hydrogens is 280 g/mol. The summed E-state index contributed by atoms with van der Waals surface area (Å²) < 4.78 is 5.32. The van der Waals surface area contributed by atoms with Crippen molar-refractivity contribution in [3.63, 3.8) is 0 Å². The van der Waals surface area contributed by atoms with E-state index in [-0.39, 0.29) is 11.8 Å². The van der Waals surface area contributed by atoms with Gasteiger partial charge in [-0.2, -0.15) is 0 Å². The molecule has 0 bridgehead atoms.